The SMILES string of the molecule is CC(C)CC(NC(=O)c1ccc(-c2ccn[nH]2)cc1)c1ncnn1C. The van der Waals surface area contributed by atoms with Crippen molar-refractivity contribution in [3.8, 4) is 11.3 Å². The molecule has 2 heterocycles. The molecule has 7 heteroatoms. The smallest absolute Gasteiger partial charge is 0.251 e. The Labute approximate surface area is 146 Å². The first-order valence-corrected chi connectivity index (χ1v) is 8.29. The third kappa shape index (κ3) is 3.93. The van der Waals surface area contributed by atoms with E-state index < -0.39 is 0 Å². The highest BCUT2D eigenvalue weighted by atomic mass is 16.1. The molecule has 0 aliphatic heterocycles. The van der Waals surface area contributed by atoms with E-state index in [9.17, 15) is 4.79 Å². The van der Waals surface area contributed by atoms with Crippen LogP contribution >= 0.6 is 0 Å². The zero-order valence-corrected chi connectivity index (χ0v) is 14.6. The number of aryl methyl sites for hydroxylation is 1. The molecule has 130 valence electrons. The number of nitrogens with zero attached hydrogens (tertiary/aromatic N) is 4. The molecule has 0 saturated carbocycles. The van der Waals surface area contributed by atoms with Crippen LogP contribution in [0.15, 0.2) is 42.9 Å². The molecule has 0 saturated heterocycles. The first-order valence-electron chi connectivity index (χ1n) is 8.29. The number of benzene rings is 1. The molecule has 7 nitrogen and oxygen atoms in total. The van der Waals surface area contributed by atoms with E-state index in [-0.39, 0.29) is 11.9 Å². The highest BCUT2D eigenvalue weighted by Crippen LogP contribution is 2.21. The second-order valence-corrected chi connectivity index (χ2v) is 6.45. The number of hydrogen-bond donors (Lipinski definition) is 2. The van der Waals surface area contributed by atoms with Crippen LogP contribution in [0.25, 0.3) is 11.3 Å². The zero-order chi connectivity index (χ0) is 17.8. The van der Waals surface area contributed by atoms with Gasteiger partial charge in [-0.1, -0.05) is 26.0 Å². The van der Waals surface area contributed by atoms with Gasteiger partial charge in [-0.3, -0.25) is 14.6 Å². The van der Waals surface area contributed by atoms with Gasteiger partial charge < -0.3 is 5.32 Å². The highest BCUT2D eigenvalue weighted by molar-refractivity contribution is 5.94. The summed E-state index contributed by atoms with van der Waals surface area (Å²) in [5.74, 6) is 1.06. The second-order valence-electron chi connectivity index (χ2n) is 6.45. The molecular weight excluding hydrogens is 316 g/mol. The van der Waals surface area contributed by atoms with Gasteiger partial charge in [-0.25, -0.2) is 4.98 Å². The second kappa shape index (κ2) is 7.29. The number of rotatable bonds is 6. The summed E-state index contributed by atoms with van der Waals surface area (Å²) in [5, 5.41) is 14.0. The van der Waals surface area contributed by atoms with Gasteiger partial charge in [0.15, 0.2) is 0 Å². The van der Waals surface area contributed by atoms with E-state index in [0.29, 0.717) is 11.5 Å². The largest absolute Gasteiger partial charge is 0.342 e. The van der Waals surface area contributed by atoms with Crippen LogP contribution in [0.2, 0.25) is 0 Å². The van der Waals surface area contributed by atoms with E-state index >= 15 is 0 Å². The lowest BCUT2D eigenvalue weighted by atomic mass is 10.0. The highest BCUT2D eigenvalue weighted by Gasteiger charge is 2.21. The van der Waals surface area contributed by atoms with Gasteiger partial charge in [0, 0.05) is 18.8 Å². The molecule has 25 heavy (non-hydrogen) atoms. The van der Waals surface area contributed by atoms with Gasteiger partial charge in [-0.2, -0.15) is 10.2 Å². The molecule has 0 fully saturated rings. The van der Waals surface area contributed by atoms with Gasteiger partial charge in [0.05, 0.1) is 11.7 Å². The fraction of sp³-hybridized carbons (Fsp3) is 0.333. The van der Waals surface area contributed by atoms with Crippen molar-refractivity contribution in [2.75, 3.05) is 0 Å². The maximum absolute atomic E-state index is 12.7. The van der Waals surface area contributed by atoms with E-state index in [0.717, 1.165) is 23.5 Å². The molecule has 1 unspecified atom stereocenters. The Morgan fingerprint density at radius 2 is 2.00 bits per heavy atom. The third-order valence-corrected chi connectivity index (χ3v) is 4.03. The van der Waals surface area contributed by atoms with Crippen molar-refractivity contribution in [3.63, 3.8) is 0 Å². The zero-order valence-electron chi connectivity index (χ0n) is 14.6. The summed E-state index contributed by atoms with van der Waals surface area (Å²) in [6, 6.07) is 9.16. The van der Waals surface area contributed by atoms with Crippen LogP contribution in [-0.2, 0) is 7.05 Å². The molecule has 0 spiro atoms. The average Bonchev–Trinajstić information content (AvgIpc) is 3.25. The minimum atomic E-state index is -0.174. The summed E-state index contributed by atoms with van der Waals surface area (Å²) in [4.78, 5) is 16.9. The van der Waals surface area contributed by atoms with Gasteiger partial charge in [0.2, 0.25) is 0 Å². The Kier molecular flexibility index (Phi) is 4.92. The van der Waals surface area contributed by atoms with Crippen molar-refractivity contribution >= 4 is 5.91 Å². The number of carbonyl (C=O) groups excluding carboxylic acids is 1. The Bertz CT molecular complexity index is 820. The summed E-state index contributed by atoms with van der Waals surface area (Å²) in [5.41, 5.74) is 2.52. The summed E-state index contributed by atoms with van der Waals surface area (Å²) in [6.07, 6.45) is 4.01. The molecule has 3 rings (SSSR count). The van der Waals surface area contributed by atoms with Crippen molar-refractivity contribution < 1.29 is 4.79 Å². The Balaban J connectivity index is 1.76. The molecule has 3 aromatic rings. The predicted octanol–water partition coefficient (Wildman–Crippen LogP) is 2.72. The molecular formula is C18H22N6O. The number of carbonyl (C=O) groups is 1. The van der Waals surface area contributed by atoms with Gasteiger partial charge in [-0.05, 0) is 36.1 Å². The van der Waals surface area contributed by atoms with Crippen LogP contribution in [-0.4, -0.2) is 30.9 Å². The molecule has 1 atom stereocenters. The minimum Gasteiger partial charge on any atom is -0.342 e. The van der Waals surface area contributed by atoms with Gasteiger partial charge >= 0.3 is 0 Å². The van der Waals surface area contributed by atoms with Crippen molar-refractivity contribution in [1.82, 2.24) is 30.3 Å². The van der Waals surface area contributed by atoms with E-state index in [1.807, 2.05) is 37.4 Å². The van der Waals surface area contributed by atoms with Crippen molar-refractivity contribution in [2.45, 2.75) is 26.3 Å². The number of nitrogens with one attached hydrogen (secondary N) is 2. The molecule has 0 bridgehead atoms. The summed E-state index contributed by atoms with van der Waals surface area (Å²) in [7, 11) is 1.83. The van der Waals surface area contributed by atoms with Crippen LogP contribution in [0.4, 0.5) is 0 Å². The third-order valence-electron chi connectivity index (χ3n) is 4.03. The van der Waals surface area contributed by atoms with E-state index in [2.05, 4.69) is 39.4 Å². The molecule has 1 amide bonds. The Morgan fingerprint density at radius 1 is 1.24 bits per heavy atom. The maximum Gasteiger partial charge on any atom is 0.251 e. The Hall–Kier alpha value is -2.96. The molecule has 0 aliphatic rings. The summed E-state index contributed by atoms with van der Waals surface area (Å²) in [6.45, 7) is 4.24. The standard InChI is InChI=1S/C18H22N6O/c1-12(2)10-16(17-19-11-21-24(17)3)22-18(25)14-6-4-13(5-7-14)15-8-9-20-23-15/h4-9,11-12,16H,10H2,1-3H3,(H,20,23)(H,22,25). The Morgan fingerprint density at radius 3 is 2.56 bits per heavy atom. The molecule has 0 radical (unpaired) electrons. The lowest BCUT2D eigenvalue weighted by Crippen LogP contribution is -2.31. The fourth-order valence-corrected chi connectivity index (χ4v) is 2.78. The summed E-state index contributed by atoms with van der Waals surface area (Å²) < 4.78 is 1.70. The van der Waals surface area contributed by atoms with Gasteiger partial charge in [0.25, 0.3) is 5.91 Å². The first-order chi connectivity index (χ1) is 12.0. The molecule has 1 aromatic carbocycles. The molecule has 2 N–H and O–H groups in total. The van der Waals surface area contributed by atoms with E-state index in [4.69, 9.17) is 0 Å². The topological polar surface area (TPSA) is 88.5 Å². The average molecular weight is 338 g/mol. The van der Waals surface area contributed by atoms with Crippen molar-refractivity contribution in [2.24, 2.45) is 13.0 Å². The first kappa shape index (κ1) is 16.9. The van der Waals surface area contributed by atoms with Crippen LogP contribution in [0.1, 0.15) is 42.5 Å². The fourth-order valence-electron chi connectivity index (χ4n) is 2.78. The number of aromatic amines is 1. The van der Waals surface area contributed by atoms with Crippen molar-refractivity contribution in [1.29, 1.82) is 0 Å². The van der Waals surface area contributed by atoms with E-state index in [1.54, 1.807) is 10.9 Å². The van der Waals surface area contributed by atoms with E-state index in [1.165, 1.54) is 6.33 Å². The number of amides is 1. The van der Waals surface area contributed by atoms with Crippen molar-refractivity contribution in [3.05, 3.63) is 54.2 Å². The van der Waals surface area contributed by atoms with Crippen LogP contribution < -0.4 is 5.32 Å². The normalized spacial score (nSPS) is 12.3. The number of H-pyrrole nitrogens is 1. The molecule has 0 aliphatic carbocycles. The monoisotopic (exact) mass is 338 g/mol. The predicted molar refractivity (Wildman–Crippen MR) is 94.7 cm³/mol. The lowest BCUT2D eigenvalue weighted by Gasteiger charge is -2.20. The van der Waals surface area contributed by atoms with Gasteiger partial charge in [-0.15, -0.1) is 0 Å². The molecule has 2 aromatic heterocycles. The maximum atomic E-state index is 12.7. The van der Waals surface area contributed by atoms with Gasteiger partial charge in [0.1, 0.15) is 12.2 Å². The number of hydrogen-bond acceptors (Lipinski definition) is 4. The van der Waals surface area contributed by atoms with Crippen LogP contribution in [0.5, 0.6) is 0 Å². The summed E-state index contributed by atoms with van der Waals surface area (Å²) >= 11 is 0. The quantitative estimate of drug-likeness (QED) is 0.723. The lowest BCUT2D eigenvalue weighted by molar-refractivity contribution is 0.0929. The number of aromatic nitrogens is 5. The van der Waals surface area contributed by atoms with Crippen LogP contribution in [0, 0.1) is 5.92 Å². The van der Waals surface area contributed by atoms with Crippen LogP contribution in [0.3, 0.4) is 0 Å². The minimum absolute atomic E-state index is 0.121.